The van der Waals surface area contributed by atoms with E-state index < -0.39 is 0 Å². The average molecular weight is 259 g/mol. The predicted octanol–water partition coefficient (Wildman–Crippen LogP) is 2.47. The molecule has 0 saturated heterocycles. The van der Waals surface area contributed by atoms with Crippen molar-refractivity contribution in [3.63, 3.8) is 0 Å². The molecule has 1 N–H and O–H groups in total. The summed E-state index contributed by atoms with van der Waals surface area (Å²) in [6.07, 6.45) is 0. The van der Waals surface area contributed by atoms with Crippen LogP contribution in [0, 0.1) is 10.1 Å². The topological polar surface area (TPSA) is 55.2 Å². The van der Waals surface area contributed by atoms with Crippen LogP contribution in [0.15, 0.2) is 22.7 Å². The zero-order valence-electron chi connectivity index (χ0n) is 7.79. The third kappa shape index (κ3) is 2.52. The fourth-order valence-corrected chi connectivity index (χ4v) is 1.65. The van der Waals surface area contributed by atoms with Crippen LogP contribution in [0.4, 0.5) is 5.69 Å². The van der Waals surface area contributed by atoms with Crippen LogP contribution in [0.3, 0.4) is 0 Å². The van der Waals surface area contributed by atoms with Gasteiger partial charge in [0, 0.05) is 12.6 Å². The fourth-order valence-electron chi connectivity index (χ4n) is 1.10. The molecule has 0 bridgehead atoms. The Hall–Kier alpha value is -0.940. The number of halogens is 1. The van der Waals surface area contributed by atoms with Crippen molar-refractivity contribution in [3.8, 4) is 0 Å². The summed E-state index contributed by atoms with van der Waals surface area (Å²) in [5, 5.41) is 13.7. The Kier molecular flexibility index (Phi) is 4.03. The molecule has 0 radical (unpaired) electrons. The molecule has 1 rings (SSSR count). The lowest BCUT2D eigenvalue weighted by Gasteiger charge is -2.04. The summed E-state index contributed by atoms with van der Waals surface area (Å²) in [5.41, 5.74) is 1.02. The first-order chi connectivity index (χ1) is 6.66. The largest absolute Gasteiger partial charge is 0.313 e. The molecule has 76 valence electrons. The standard InChI is InChI=1S/C9H11BrN2O2/c1-2-11-6-7-4-3-5-8(9(7)10)12(13)14/h3-5,11H,2,6H2,1H3. The van der Waals surface area contributed by atoms with Crippen molar-refractivity contribution in [1.29, 1.82) is 0 Å². The molecule has 0 unspecified atom stereocenters. The van der Waals surface area contributed by atoms with Crippen LogP contribution in [-0.4, -0.2) is 11.5 Å². The van der Waals surface area contributed by atoms with Gasteiger partial charge in [-0.15, -0.1) is 0 Å². The minimum absolute atomic E-state index is 0.111. The van der Waals surface area contributed by atoms with E-state index in [0.717, 1.165) is 12.1 Å². The lowest BCUT2D eigenvalue weighted by Crippen LogP contribution is -2.12. The lowest BCUT2D eigenvalue weighted by molar-refractivity contribution is -0.385. The summed E-state index contributed by atoms with van der Waals surface area (Å²) in [4.78, 5) is 10.2. The maximum absolute atomic E-state index is 10.6. The minimum atomic E-state index is -0.389. The molecular formula is C9H11BrN2O2. The van der Waals surface area contributed by atoms with Crippen molar-refractivity contribution in [2.24, 2.45) is 0 Å². The molecule has 0 fully saturated rings. The van der Waals surface area contributed by atoms with E-state index in [2.05, 4.69) is 21.2 Å². The smallest absolute Gasteiger partial charge is 0.283 e. The zero-order valence-corrected chi connectivity index (χ0v) is 9.37. The Balaban J connectivity index is 2.95. The van der Waals surface area contributed by atoms with Crippen LogP contribution in [-0.2, 0) is 6.54 Å². The summed E-state index contributed by atoms with van der Waals surface area (Å²) in [5.74, 6) is 0. The highest BCUT2D eigenvalue weighted by Gasteiger charge is 2.13. The SMILES string of the molecule is CCNCc1cccc([N+](=O)[O-])c1Br. The molecule has 1 aromatic rings. The van der Waals surface area contributed by atoms with Gasteiger partial charge >= 0.3 is 0 Å². The highest BCUT2D eigenvalue weighted by Crippen LogP contribution is 2.27. The van der Waals surface area contributed by atoms with Crippen molar-refractivity contribution in [3.05, 3.63) is 38.3 Å². The van der Waals surface area contributed by atoms with Gasteiger partial charge in [-0.3, -0.25) is 10.1 Å². The van der Waals surface area contributed by atoms with E-state index in [4.69, 9.17) is 0 Å². The van der Waals surface area contributed by atoms with E-state index in [-0.39, 0.29) is 10.6 Å². The number of benzene rings is 1. The Morgan fingerprint density at radius 3 is 2.86 bits per heavy atom. The van der Waals surface area contributed by atoms with Gasteiger partial charge in [0.05, 0.1) is 9.40 Å². The van der Waals surface area contributed by atoms with Gasteiger partial charge in [-0.2, -0.15) is 0 Å². The number of rotatable bonds is 4. The molecule has 0 atom stereocenters. The average Bonchev–Trinajstić information content (AvgIpc) is 2.16. The maximum Gasteiger partial charge on any atom is 0.283 e. The van der Waals surface area contributed by atoms with Crippen molar-refractivity contribution >= 4 is 21.6 Å². The molecular weight excluding hydrogens is 248 g/mol. The number of hydrogen-bond donors (Lipinski definition) is 1. The first-order valence-electron chi connectivity index (χ1n) is 4.29. The Morgan fingerprint density at radius 2 is 2.29 bits per heavy atom. The molecule has 0 saturated carbocycles. The normalized spacial score (nSPS) is 10.1. The highest BCUT2D eigenvalue weighted by molar-refractivity contribution is 9.10. The number of nitro benzene ring substituents is 1. The summed E-state index contributed by atoms with van der Waals surface area (Å²) in [7, 11) is 0. The number of nitrogens with zero attached hydrogens (tertiary/aromatic N) is 1. The van der Waals surface area contributed by atoms with E-state index in [9.17, 15) is 10.1 Å². The second kappa shape index (κ2) is 5.07. The van der Waals surface area contributed by atoms with Crippen molar-refractivity contribution < 1.29 is 4.92 Å². The third-order valence-corrected chi connectivity index (χ3v) is 2.74. The summed E-state index contributed by atoms with van der Waals surface area (Å²) < 4.78 is 0.561. The fraction of sp³-hybridized carbons (Fsp3) is 0.333. The molecule has 0 aliphatic carbocycles. The van der Waals surface area contributed by atoms with Crippen molar-refractivity contribution in [2.75, 3.05) is 6.54 Å². The van der Waals surface area contributed by atoms with Crippen LogP contribution in [0.25, 0.3) is 0 Å². The van der Waals surface area contributed by atoms with Crippen molar-refractivity contribution in [2.45, 2.75) is 13.5 Å². The maximum atomic E-state index is 10.6. The molecule has 4 nitrogen and oxygen atoms in total. The van der Waals surface area contributed by atoms with Crippen LogP contribution in [0.2, 0.25) is 0 Å². The highest BCUT2D eigenvalue weighted by atomic mass is 79.9. The van der Waals surface area contributed by atoms with Gasteiger partial charge in [0.15, 0.2) is 0 Å². The summed E-state index contributed by atoms with van der Waals surface area (Å²) >= 11 is 3.23. The minimum Gasteiger partial charge on any atom is -0.313 e. The number of hydrogen-bond acceptors (Lipinski definition) is 3. The van der Waals surface area contributed by atoms with Gasteiger partial charge < -0.3 is 5.32 Å². The molecule has 14 heavy (non-hydrogen) atoms. The van der Waals surface area contributed by atoms with E-state index in [1.807, 2.05) is 13.0 Å². The zero-order chi connectivity index (χ0) is 10.6. The van der Waals surface area contributed by atoms with Crippen molar-refractivity contribution in [1.82, 2.24) is 5.32 Å². The first kappa shape index (κ1) is 11.1. The predicted molar refractivity (Wildman–Crippen MR) is 58.2 cm³/mol. The summed E-state index contributed by atoms with van der Waals surface area (Å²) in [6.45, 7) is 3.47. The Morgan fingerprint density at radius 1 is 1.57 bits per heavy atom. The lowest BCUT2D eigenvalue weighted by atomic mass is 10.2. The van der Waals surface area contributed by atoms with E-state index >= 15 is 0 Å². The van der Waals surface area contributed by atoms with Gasteiger partial charge in [0.25, 0.3) is 5.69 Å². The molecule has 0 heterocycles. The Bertz CT molecular complexity index is 342. The molecule has 0 aliphatic heterocycles. The monoisotopic (exact) mass is 258 g/mol. The first-order valence-corrected chi connectivity index (χ1v) is 5.08. The van der Waals surface area contributed by atoms with Gasteiger partial charge in [0.1, 0.15) is 0 Å². The van der Waals surface area contributed by atoms with E-state index in [1.54, 1.807) is 6.07 Å². The van der Waals surface area contributed by atoms with Gasteiger partial charge in [-0.05, 0) is 28.0 Å². The van der Waals surface area contributed by atoms with E-state index in [1.165, 1.54) is 6.07 Å². The summed E-state index contributed by atoms with van der Waals surface area (Å²) in [6, 6.07) is 5.04. The quantitative estimate of drug-likeness (QED) is 0.667. The third-order valence-electron chi connectivity index (χ3n) is 1.82. The van der Waals surface area contributed by atoms with Crippen LogP contribution < -0.4 is 5.32 Å². The second-order valence-electron chi connectivity index (χ2n) is 2.79. The van der Waals surface area contributed by atoms with E-state index in [0.29, 0.717) is 11.0 Å². The molecule has 5 heteroatoms. The van der Waals surface area contributed by atoms with Crippen LogP contribution in [0.1, 0.15) is 12.5 Å². The molecule has 0 spiro atoms. The van der Waals surface area contributed by atoms with Crippen LogP contribution in [0.5, 0.6) is 0 Å². The molecule has 0 amide bonds. The number of nitrogens with one attached hydrogen (secondary N) is 1. The molecule has 1 aromatic carbocycles. The molecule has 0 aromatic heterocycles. The molecule has 0 aliphatic rings. The van der Waals surface area contributed by atoms with Crippen LogP contribution >= 0.6 is 15.9 Å². The van der Waals surface area contributed by atoms with Gasteiger partial charge in [-0.25, -0.2) is 0 Å². The Labute approximate surface area is 90.6 Å². The number of nitro groups is 1. The van der Waals surface area contributed by atoms with Gasteiger partial charge in [-0.1, -0.05) is 19.1 Å². The second-order valence-corrected chi connectivity index (χ2v) is 3.58. The van der Waals surface area contributed by atoms with Gasteiger partial charge in [0.2, 0.25) is 0 Å².